The smallest absolute Gasteiger partial charge is 0.118 e. The molecule has 1 aromatic rings. The Balaban J connectivity index is 1.89. The molecule has 1 heterocycles. The maximum atomic E-state index is 5.96. The van der Waals surface area contributed by atoms with Crippen molar-refractivity contribution in [1.29, 1.82) is 0 Å². The summed E-state index contributed by atoms with van der Waals surface area (Å²) in [5, 5.41) is 0. The van der Waals surface area contributed by atoms with Gasteiger partial charge in [0.15, 0.2) is 0 Å². The highest BCUT2D eigenvalue weighted by atomic mass is 127. The molecule has 1 aromatic carbocycles. The van der Waals surface area contributed by atoms with Crippen LogP contribution in [0.25, 0.3) is 0 Å². The van der Waals surface area contributed by atoms with Crippen LogP contribution in [0.5, 0.6) is 5.75 Å². The summed E-state index contributed by atoms with van der Waals surface area (Å²) in [4.78, 5) is 0. The molecule has 0 aromatic heterocycles. The van der Waals surface area contributed by atoms with E-state index >= 15 is 0 Å². The van der Waals surface area contributed by atoms with E-state index in [9.17, 15) is 0 Å². The molecule has 0 amide bonds. The lowest BCUT2D eigenvalue weighted by Crippen LogP contribution is -2.17. The third kappa shape index (κ3) is 3.83. The number of rotatable bonds is 6. The van der Waals surface area contributed by atoms with Crippen LogP contribution >= 0.6 is 22.6 Å². The number of alkyl halides is 1. The van der Waals surface area contributed by atoms with Gasteiger partial charge in [0, 0.05) is 11.0 Å². The highest BCUT2D eigenvalue weighted by Gasteiger charge is 2.18. The Morgan fingerprint density at radius 2 is 2.17 bits per heavy atom. The van der Waals surface area contributed by atoms with E-state index in [0.29, 0.717) is 6.61 Å². The molecule has 2 atom stereocenters. The van der Waals surface area contributed by atoms with Crippen molar-refractivity contribution < 1.29 is 14.2 Å². The van der Waals surface area contributed by atoms with Crippen LogP contribution in [-0.2, 0) is 9.47 Å². The van der Waals surface area contributed by atoms with E-state index in [1.807, 2.05) is 12.1 Å². The molecule has 100 valence electrons. The molecule has 0 aliphatic carbocycles. The van der Waals surface area contributed by atoms with Crippen LogP contribution in [0.2, 0.25) is 0 Å². The maximum absolute atomic E-state index is 5.96. The van der Waals surface area contributed by atoms with Crippen molar-refractivity contribution >= 4 is 22.6 Å². The van der Waals surface area contributed by atoms with E-state index in [0.717, 1.165) is 29.6 Å². The molecule has 0 radical (unpaired) electrons. The van der Waals surface area contributed by atoms with E-state index in [1.54, 1.807) is 7.11 Å². The summed E-state index contributed by atoms with van der Waals surface area (Å²) in [6.45, 7) is 1.57. The zero-order chi connectivity index (χ0) is 12.8. The van der Waals surface area contributed by atoms with Crippen molar-refractivity contribution in [3.63, 3.8) is 0 Å². The number of benzene rings is 1. The van der Waals surface area contributed by atoms with Gasteiger partial charge in [-0.3, -0.25) is 0 Å². The first-order chi connectivity index (χ1) is 8.83. The van der Waals surface area contributed by atoms with Crippen LogP contribution in [0.3, 0.4) is 0 Å². The summed E-state index contributed by atoms with van der Waals surface area (Å²) < 4.78 is 17.6. The number of hydrogen-bond donors (Lipinski definition) is 0. The van der Waals surface area contributed by atoms with E-state index in [4.69, 9.17) is 14.2 Å². The highest BCUT2D eigenvalue weighted by Crippen LogP contribution is 2.24. The molecule has 1 aliphatic rings. The summed E-state index contributed by atoms with van der Waals surface area (Å²) in [6.07, 6.45) is 2.71. The van der Waals surface area contributed by atoms with Crippen LogP contribution in [0, 0.1) is 0 Å². The second-order valence-electron chi connectivity index (χ2n) is 4.38. The molecular weight excluding hydrogens is 343 g/mol. The molecule has 1 saturated heterocycles. The van der Waals surface area contributed by atoms with Crippen molar-refractivity contribution in [2.24, 2.45) is 0 Å². The van der Waals surface area contributed by atoms with Gasteiger partial charge in [0.25, 0.3) is 0 Å². The molecule has 0 spiro atoms. The zero-order valence-corrected chi connectivity index (χ0v) is 12.8. The first kappa shape index (κ1) is 14.1. The van der Waals surface area contributed by atoms with Gasteiger partial charge in [0.1, 0.15) is 5.75 Å². The highest BCUT2D eigenvalue weighted by molar-refractivity contribution is 14.1. The van der Waals surface area contributed by atoms with Gasteiger partial charge in [-0.25, -0.2) is 0 Å². The Morgan fingerprint density at radius 1 is 1.39 bits per heavy atom. The quantitative estimate of drug-likeness (QED) is 0.574. The minimum Gasteiger partial charge on any atom is -0.497 e. The lowest BCUT2D eigenvalue weighted by atomic mass is 10.1. The lowest BCUT2D eigenvalue weighted by molar-refractivity contribution is -0.0122. The lowest BCUT2D eigenvalue weighted by Gasteiger charge is -2.18. The Bertz CT molecular complexity index is 347. The normalized spacial score (nSPS) is 20.9. The molecule has 1 fully saturated rings. The van der Waals surface area contributed by atoms with E-state index in [-0.39, 0.29) is 12.2 Å². The first-order valence-electron chi connectivity index (χ1n) is 6.26. The van der Waals surface area contributed by atoms with E-state index in [1.165, 1.54) is 5.56 Å². The largest absolute Gasteiger partial charge is 0.497 e. The van der Waals surface area contributed by atoms with Gasteiger partial charge in [0.2, 0.25) is 0 Å². The molecule has 2 unspecified atom stereocenters. The maximum Gasteiger partial charge on any atom is 0.118 e. The average Bonchev–Trinajstić information content (AvgIpc) is 2.93. The Morgan fingerprint density at radius 3 is 2.72 bits per heavy atom. The van der Waals surface area contributed by atoms with Gasteiger partial charge in [-0.2, -0.15) is 0 Å². The fraction of sp³-hybridized carbons (Fsp3) is 0.571. The third-order valence-corrected chi connectivity index (χ3v) is 3.94. The molecule has 18 heavy (non-hydrogen) atoms. The summed E-state index contributed by atoms with van der Waals surface area (Å²) in [5.41, 5.74) is 1.20. The minimum atomic E-state index is 0.140. The second-order valence-corrected chi connectivity index (χ2v) is 5.27. The van der Waals surface area contributed by atoms with Crippen molar-refractivity contribution in [1.82, 2.24) is 0 Å². The molecule has 1 aliphatic heterocycles. The van der Waals surface area contributed by atoms with Crippen LogP contribution in [0.4, 0.5) is 0 Å². The monoisotopic (exact) mass is 362 g/mol. The molecule has 0 bridgehead atoms. The van der Waals surface area contributed by atoms with Gasteiger partial charge in [0.05, 0.1) is 25.9 Å². The van der Waals surface area contributed by atoms with Crippen LogP contribution in [-0.4, -0.2) is 30.9 Å². The third-order valence-electron chi connectivity index (χ3n) is 3.14. The van der Waals surface area contributed by atoms with Gasteiger partial charge < -0.3 is 14.2 Å². The number of halogens is 1. The van der Waals surface area contributed by atoms with E-state index in [2.05, 4.69) is 34.7 Å². The summed E-state index contributed by atoms with van der Waals surface area (Å²) >= 11 is 2.36. The average molecular weight is 362 g/mol. The Hall–Kier alpha value is -0.330. The fourth-order valence-corrected chi connectivity index (χ4v) is 2.81. The standard InChI is InChI=1S/C14H19IO3/c1-16-12-6-4-11(5-7-12)14(9-15)18-10-13-3-2-8-17-13/h4-7,13-14H,2-3,8-10H2,1H3. The van der Waals surface area contributed by atoms with Crippen molar-refractivity contribution in [2.75, 3.05) is 24.8 Å². The van der Waals surface area contributed by atoms with Crippen LogP contribution in [0.1, 0.15) is 24.5 Å². The predicted molar refractivity (Wildman–Crippen MR) is 79.5 cm³/mol. The molecule has 4 heteroatoms. The van der Waals surface area contributed by atoms with Crippen LogP contribution < -0.4 is 4.74 Å². The predicted octanol–water partition coefficient (Wildman–Crippen LogP) is 3.37. The molecule has 0 N–H and O–H groups in total. The van der Waals surface area contributed by atoms with Gasteiger partial charge in [-0.15, -0.1) is 0 Å². The van der Waals surface area contributed by atoms with Crippen LogP contribution in [0.15, 0.2) is 24.3 Å². The SMILES string of the molecule is COc1ccc(C(CI)OCC2CCCO2)cc1. The number of methoxy groups -OCH3 is 1. The zero-order valence-electron chi connectivity index (χ0n) is 10.6. The number of ether oxygens (including phenoxy) is 3. The molecule has 0 saturated carbocycles. The van der Waals surface area contributed by atoms with Gasteiger partial charge in [-0.05, 0) is 30.5 Å². The first-order valence-corrected chi connectivity index (χ1v) is 7.79. The van der Waals surface area contributed by atoms with Crippen molar-refractivity contribution in [3.8, 4) is 5.75 Å². The van der Waals surface area contributed by atoms with Crippen molar-refractivity contribution in [2.45, 2.75) is 25.0 Å². The summed E-state index contributed by atoms with van der Waals surface area (Å²) in [6, 6.07) is 8.09. The molecular formula is C14H19IO3. The molecule has 2 rings (SSSR count). The minimum absolute atomic E-state index is 0.140. The summed E-state index contributed by atoms with van der Waals surface area (Å²) in [7, 11) is 1.68. The Kier molecular flexibility index (Phi) is 5.72. The number of hydrogen-bond acceptors (Lipinski definition) is 3. The van der Waals surface area contributed by atoms with Gasteiger partial charge >= 0.3 is 0 Å². The van der Waals surface area contributed by atoms with Gasteiger partial charge in [-0.1, -0.05) is 34.7 Å². The topological polar surface area (TPSA) is 27.7 Å². The molecule has 3 nitrogen and oxygen atoms in total. The summed E-state index contributed by atoms with van der Waals surface area (Å²) in [5.74, 6) is 0.880. The Labute approximate surface area is 122 Å². The fourth-order valence-electron chi connectivity index (χ4n) is 2.05. The van der Waals surface area contributed by atoms with E-state index < -0.39 is 0 Å². The second kappa shape index (κ2) is 7.31. The van der Waals surface area contributed by atoms with Crippen molar-refractivity contribution in [3.05, 3.63) is 29.8 Å².